The number of hydrogen-bond acceptors (Lipinski definition) is 3. The predicted molar refractivity (Wildman–Crippen MR) is 81.4 cm³/mol. The Kier molecular flexibility index (Phi) is 3.02. The number of hydrogen-bond donors (Lipinski definition) is 1. The molecule has 0 amide bonds. The summed E-state index contributed by atoms with van der Waals surface area (Å²) in [6.45, 7) is 0. The van der Waals surface area contributed by atoms with Crippen LogP contribution in [0.4, 0.5) is 0 Å². The highest BCUT2D eigenvalue weighted by molar-refractivity contribution is 7.80. The average Bonchev–Trinajstić information content (AvgIpc) is 2.99. The largest absolute Gasteiger partial charge is 0.467 e. The third kappa shape index (κ3) is 2.14. The lowest BCUT2D eigenvalue weighted by Gasteiger charge is -2.28. The minimum atomic E-state index is 0.152. The van der Waals surface area contributed by atoms with Gasteiger partial charge >= 0.3 is 0 Å². The molecule has 0 saturated heterocycles. The van der Waals surface area contributed by atoms with Crippen molar-refractivity contribution >= 4 is 23.0 Å². The molecule has 0 aromatic carbocycles. The molecular formula is C15H19N3OS. The molecule has 106 valence electrons. The van der Waals surface area contributed by atoms with Crippen LogP contribution < -0.4 is 5.32 Å². The van der Waals surface area contributed by atoms with Crippen LogP contribution in [0.3, 0.4) is 0 Å². The number of furan rings is 1. The van der Waals surface area contributed by atoms with E-state index in [4.69, 9.17) is 21.7 Å². The molecule has 4 rings (SSSR count). The Morgan fingerprint density at radius 3 is 3.00 bits per heavy atom. The van der Waals surface area contributed by atoms with Crippen LogP contribution in [0.15, 0.2) is 27.9 Å². The van der Waals surface area contributed by atoms with E-state index in [1.165, 1.54) is 37.8 Å². The first-order valence-corrected chi connectivity index (χ1v) is 7.94. The number of nitrogens with one attached hydrogen (secondary N) is 1. The molecule has 1 aromatic rings. The van der Waals surface area contributed by atoms with Gasteiger partial charge in [-0.3, -0.25) is 0 Å². The van der Waals surface area contributed by atoms with Gasteiger partial charge in [0.25, 0.3) is 0 Å². The fraction of sp³-hybridized carbons (Fsp3) is 0.600. The molecule has 2 aliphatic carbocycles. The normalized spacial score (nSPS) is 29.0. The minimum Gasteiger partial charge on any atom is -0.467 e. The van der Waals surface area contributed by atoms with Crippen molar-refractivity contribution in [2.24, 2.45) is 11.0 Å². The maximum Gasteiger partial charge on any atom is 0.190 e. The zero-order chi connectivity index (χ0) is 13.5. The summed E-state index contributed by atoms with van der Waals surface area (Å²) in [5, 5.41) is 11.0. The van der Waals surface area contributed by atoms with Gasteiger partial charge < -0.3 is 9.73 Å². The van der Waals surface area contributed by atoms with Crippen LogP contribution in [0.1, 0.15) is 50.3 Å². The maximum atomic E-state index is 5.67. The molecular weight excluding hydrogens is 270 g/mol. The molecule has 2 saturated carbocycles. The van der Waals surface area contributed by atoms with Gasteiger partial charge in [0.2, 0.25) is 0 Å². The van der Waals surface area contributed by atoms with Crippen LogP contribution in [0.25, 0.3) is 0 Å². The van der Waals surface area contributed by atoms with Crippen molar-refractivity contribution in [1.82, 2.24) is 10.3 Å². The van der Waals surface area contributed by atoms with Crippen molar-refractivity contribution in [3.63, 3.8) is 0 Å². The molecule has 2 heterocycles. The fourth-order valence-electron chi connectivity index (χ4n) is 3.28. The lowest BCUT2D eigenvalue weighted by atomic mass is 9.82. The maximum absolute atomic E-state index is 5.67. The van der Waals surface area contributed by atoms with Gasteiger partial charge in [-0.1, -0.05) is 6.42 Å². The Labute approximate surface area is 124 Å². The Bertz CT molecular complexity index is 535. The van der Waals surface area contributed by atoms with E-state index in [0.29, 0.717) is 12.0 Å². The molecule has 0 radical (unpaired) electrons. The van der Waals surface area contributed by atoms with Crippen molar-refractivity contribution in [1.29, 1.82) is 0 Å². The molecule has 2 atom stereocenters. The van der Waals surface area contributed by atoms with Crippen molar-refractivity contribution in [3.05, 3.63) is 24.2 Å². The van der Waals surface area contributed by atoms with E-state index in [0.717, 1.165) is 17.3 Å². The minimum absolute atomic E-state index is 0.152. The van der Waals surface area contributed by atoms with Crippen LogP contribution in [0.5, 0.6) is 0 Å². The molecule has 4 nitrogen and oxygen atoms in total. The summed E-state index contributed by atoms with van der Waals surface area (Å²) < 4.78 is 5.67. The molecule has 0 bridgehead atoms. The van der Waals surface area contributed by atoms with Gasteiger partial charge in [-0.25, -0.2) is 5.01 Å². The van der Waals surface area contributed by atoms with Crippen molar-refractivity contribution in [2.75, 3.05) is 0 Å². The SMILES string of the molecule is S=C(NC1CC1)N1N=C2CCCCC2C1c1ccco1. The first-order chi connectivity index (χ1) is 9.83. The molecule has 2 fully saturated rings. The number of hydrazone groups is 1. The number of nitrogens with zero attached hydrogens (tertiary/aromatic N) is 2. The Balaban J connectivity index is 1.63. The van der Waals surface area contributed by atoms with Gasteiger partial charge in [-0.2, -0.15) is 5.10 Å². The molecule has 2 unspecified atom stereocenters. The quantitative estimate of drug-likeness (QED) is 0.849. The van der Waals surface area contributed by atoms with Gasteiger partial charge in [-0.05, 0) is 56.5 Å². The molecule has 1 N–H and O–H groups in total. The predicted octanol–water partition coefficient (Wildman–Crippen LogP) is 3.22. The molecule has 1 aromatic heterocycles. The smallest absolute Gasteiger partial charge is 0.190 e. The monoisotopic (exact) mass is 289 g/mol. The summed E-state index contributed by atoms with van der Waals surface area (Å²) in [6, 6.07) is 4.71. The van der Waals surface area contributed by atoms with E-state index in [2.05, 4.69) is 5.32 Å². The summed E-state index contributed by atoms with van der Waals surface area (Å²) in [5.41, 5.74) is 1.30. The average molecular weight is 289 g/mol. The third-order valence-electron chi connectivity index (χ3n) is 4.45. The van der Waals surface area contributed by atoms with E-state index < -0.39 is 0 Å². The number of thiocarbonyl (C=S) groups is 1. The molecule has 1 aliphatic heterocycles. The standard InChI is InChI=1S/C15H19N3OS/c20-15(16-10-7-8-10)18-14(13-6-3-9-19-13)11-4-1-2-5-12(11)17-18/h3,6,9-11,14H,1-2,4-5,7-8H2,(H,16,20). The second kappa shape index (κ2) is 4.88. The van der Waals surface area contributed by atoms with Crippen molar-refractivity contribution < 1.29 is 4.42 Å². The first kappa shape index (κ1) is 12.4. The highest BCUT2D eigenvalue weighted by Crippen LogP contribution is 2.42. The van der Waals surface area contributed by atoms with Gasteiger partial charge in [0.1, 0.15) is 11.8 Å². The molecule has 3 aliphatic rings. The Morgan fingerprint density at radius 1 is 1.35 bits per heavy atom. The summed E-state index contributed by atoms with van der Waals surface area (Å²) in [7, 11) is 0. The number of fused-ring (bicyclic) bond motifs is 1. The van der Waals surface area contributed by atoms with Gasteiger partial charge in [0.05, 0.1) is 6.26 Å². The lowest BCUT2D eigenvalue weighted by Crippen LogP contribution is -2.39. The van der Waals surface area contributed by atoms with Gasteiger partial charge in [0.15, 0.2) is 5.11 Å². The zero-order valence-electron chi connectivity index (χ0n) is 11.4. The molecule has 5 heteroatoms. The Hall–Kier alpha value is -1.36. The van der Waals surface area contributed by atoms with Crippen LogP contribution in [-0.4, -0.2) is 21.9 Å². The van der Waals surface area contributed by atoms with Gasteiger partial charge in [-0.15, -0.1) is 0 Å². The van der Waals surface area contributed by atoms with Crippen molar-refractivity contribution in [3.8, 4) is 0 Å². The Morgan fingerprint density at radius 2 is 2.25 bits per heavy atom. The summed E-state index contributed by atoms with van der Waals surface area (Å²) >= 11 is 5.57. The van der Waals surface area contributed by atoms with Crippen LogP contribution in [-0.2, 0) is 0 Å². The number of rotatable bonds is 2. The van der Waals surface area contributed by atoms with E-state index in [9.17, 15) is 0 Å². The van der Waals surface area contributed by atoms with E-state index >= 15 is 0 Å². The zero-order valence-corrected chi connectivity index (χ0v) is 12.2. The summed E-state index contributed by atoms with van der Waals surface area (Å²) in [5.74, 6) is 1.45. The first-order valence-electron chi connectivity index (χ1n) is 7.53. The fourth-order valence-corrected chi connectivity index (χ4v) is 3.60. The summed E-state index contributed by atoms with van der Waals surface area (Å²) in [6.07, 6.45) is 9.00. The summed E-state index contributed by atoms with van der Waals surface area (Å²) in [4.78, 5) is 0. The highest BCUT2D eigenvalue weighted by atomic mass is 32.1. The van der Waals surface area contributed by atoms with Crippen molar-refractivity contribution in [2.45, 2.75) is 50.6 Å². The van der Waals surface area contributed by atoms with E-state index in [1.54, 1.807) is 6.26 Å². The molecule has 20 heavy (non-hydrogen) atoms. The van der Waals surface area contributed by atoms with Crippen LogP contribution in [0.2, 0.25) is 0 Å². The molecule has 0 spiro atoms. The lowest BCUT2D eigenvalue weighted by molar-refractivity contribution is 0.255. The van der Waals surface area contributed by atoms with E-state index in [-0.39, 0.29) is 6.04 Å². The van der Waals surface area contributed by atoms with Crippen LogP contribution >= 0.6 is 12.2 Å². The topological polar surface area (TPSA) is 40.8 Å². The second-order valence-electron chi connectivity index (χ2n) is 5.97. The highest BCUT2D eigenvalue weighted by Gasteiger charge is 2.43. The second-order valence-corrected chi connectivity index (χ2v) is 6.36. The third-order valence-corrected chi connectivity index (χ3v) is 4.76. The van der Waals surface area contributed by atoms with Gasteiger partial charge in [0, 0.05) is 17.7 Å². The van der Waals surface area contributed by atoms with E-state index in [1.807, 2.05) is 17.1 Å². The van der Waals surface area contributed by atoms with Crippen LogP contribution in [0, 0.1) is 5.92 Å².